The molecule has 0 aliphatic carbocycles. The van der Waals surface area contributed by atoms with Crippen molar-refractivity contribution in [3.63, 3.8) is 0 Å². The molecule has 1 N–H and O–H groups in total. The molecular weight excluding hydrogens is 407 g/mol. The Bertz CT molecular complexity index is 908. The quantitative estimate of drug-likeness (QED) is 0.743. The molecule has 5 nitrogen and oxygen atoms in total. The first kappa shape index (κ1) is 21.1. The Hall–Kier alpha value is -2.15. The average Bonchev–Trinajstić information content (AvgIpc) is 2.75. The highest BCUT2D eigenvalue weighted by molar-refractivity contribution is 6.30. The van der Waals surface area contributed by atoms with Crippen molar-refractivity contribution in [1.82, 2.24) is 10.2 Å². The van der Waals surface area contributed by atoms with Crippen LogP contribution in [0.1, 0.15) is 18.4 Å². The molecule has 1 fully saturated rings. The third kappa shape index (κ3) is 5.12. The molecule has 2 aliphatic rings. The summed E-state index contributed by atoms with van der Waals surface area (Å²) in [6.07, 6.45) is 1.88. The Labute approximate surface area is 181 Å². The standard InChI is InChI=1S/C23H26ClFN2O3/c24-20-5-3-17(13-21(20)25)16-4-6-22-19(12-16)15-27-8-1-2-18(14-27)23(28)26-7-9-29-10-11-30-22/h3-6,12-13,18H,1-2,7-11,14-15H2,(H,26,28). The fourth-order valence-corrected chi connectivity index (χ4v) is 4.17. The summed E-state index contributed by atoms with van der Waals surface area (Å²) in [6, 6.07) is 10.7. The number of halogens is 2. The smallest absolute Gasteiger partial charge is 0.224 e. The summed E-state index contributed by atoms with van der Waals surface area (Å²) in [6.45, 7) is 4.19. The van der Waals surface area contributed by atoms with Gasteiger partial charge in [-0.2, -0.15) is 0 Å². The number of rotatable bonds is 1. The summed E-state index contributed by atoms with van der Waals surface area (Å²) >= 11 is 5.83. The maximum Gasteiger partial charge on any atom is 0.224 e. The molecule has 0 spiro atoms. The van der Waals surface area contributed by atoms with Crippen molar-refractivity contribution in [1.29, 1.82) is 0 Å². The van der Waals surface area contributed by atoms with Crippen molar-refractivity contribution in [3.8, 4) is 16.9 Å². The topological polar surface area (TPSA) is 50.8 Å². The molecule has 2 unspecified atom stereocenters. The van der Waals surface area contributed by atoms with Crippen molar-refractivity contribution >= 4 is 17.5 Å². The van der Waals surface area contributed by atoms with Crippen LogP contribution in [0.5, 0.6) is 5.75 Å². The van der Waals surface area contributed by atoms with E-state index in [2.05, 4.69) is 10.2 Å². The van der Waals surface area contributed by atoms with Crippen molar-refractivity contribution in [2.75, 3.05) is 39.5 Å². The lowest BCUT2D eigenvalue weighted by Gasteiger charge is -2.32. The lowest BCUT2D eigenvalue weighted by molar-refractivity contribution is -0.127. The van der Waals surface area contributed by atoms with E-state index in [1.165, 1.54) is 6.07 Å². The van der Waals surface area contributed by atoms with Crippen molar-refractivity contribution in [2.45, 2.75) is 19.4 Å². The van der Waals surface area contributed by atoms with Gasteiger partial charge in [-0.3, -0.25) is 9.69 Å². The number of amides is 1. The summed E-state index contributed by atoms with van der Waals surface area (Å²) in [7, 11) is 0. The summed E-state index contributed by atoms with van der Waals surface area (Å²) in [5.41, 5.74) is 2.68. The van der Waals surface area contributed by atoms with E-state index in [0.29, 0.717) is 39.5 Å². The van der Waals surface area contributed by atoms with Crippen molar-refractivity contribution in [2.24, 2.45) is 5.92 Å². The second-order valence-corrected chi connectivity index (χ2v) is 8.18. The van der Waals surface area contributed by atoms with E-state index in [1.54, 1.807) is 6.07 Å². The van der Waals surface area contributed by atoms with Gasteiger partial charge in [0.2, 0.25) is 5.91 Å². The highest BCUT2D eigenvalue weighted by atomic mass is 35.5. The van der Waals surface area contributed by atoms with E-state index in [0.717, 1.165) is 41.8 Å². The van der Waals surface area contributed by atoms with Gasteiger partial charge in [-0.25, -0.2) is 4.39 Å². The number of hydrogen-bond acceptors (Lipinski definition) is 4. The summed E-state index contributed by atoms with van der Waals surface area (Å²) in [5.74, 6) is 0.440. The van der Waals surface area contributed by atoms with Crippen LogP contribution in [0.2, 0.25) is 5.02 Å². The molecule has 2 bridgehead atoms. The van der Waals surface area contributed by atoms with Gasteiger partial charge in [-0.15, -0.1) is 0 Å². The molecule has 2 aromatic carbocycles. The van der Waals surface area contributed by atoms with E-state index in [9.17, 15) is 9.18 Å². The van der Waals surface area contributed by atoms with E-state index in [-0.39, 0.29) is 16.8 Å². The number of carbonyl (C=O) groups is 1. The minimum atomic E-state index is -0.437. The molecule has 0 saturated carbocycles. The van der Waals surface area contributed by atoms with Crippen molar-refractivity contribution < 1.29 is 18.7 Å². The van der Waals surface area contributed by atoms with Gasteiger partial charge in [0, 0.05) is 25.2 Å². The summed E-state index contributed by atoms with van der Waals surface area (Å²) < 4.78 is 25.5. The van der Waals surface area contributed by atoms with Crippen molar-refractivity contribution in [3.05, 3.63) is 52.8 Å². The zero-order chi connectivity index (χ0) is 20.9. The van der Waals surface area contributed by atoms with Crippen LogP contribution < -0.4 is 10.1 Å². The van der Waals surface area contributed by atoms with Crippen LogP contribution in [0.3, 0.4) is 0 Å². The number of nitrogens with one attached hydrogen (secondary N) is 1. The largest absolute Gasteiger partial charge is 0.491 e. The normalized spacial score (nSPS) is 22.9. The molecule has 2 aliphatic heterocycles. The van der Waals surface area contributed by atoms with Gasteiger partial charge in [0.05, 0.1) is 24.2 Å². The number of hydrogen-bond donors (Lipinski definition) is 1. The van der Waals surface area contributed by atoms with Gasteiger partial charge in [-0.1, -0.05) is 23.7 Å². The molecule has 2 atom stereocenters. The Balaban J connectivity index is 1.62. The molecule has 4 rings (SSSR count). The van der Waals surface area contributed by atoms with Crippen LogP contribution in [-0.4, -0.2) is 50.3 Å². The summed E-state index contributed by atoms with van der Waals surface area (Å²) in [5, 5.41) is 3.08. The highest BCUT2D eigenvalue weighted by Crippen LogP contribution is 2.31. The Morgan fingerprint density at radius 2 is 1.93 bits per heavy atom. The van der Waals surface area contributed by atoms with Gasteiger partial charge in [0.15, 0.2) is 0 Å². The zero-order valence-electron chi connectivity index (χ0n) is 16.8. The second kappa shape index (κ2) is 9.77. The van der Waals surface area contributed by atoms with Gasteiger partial charge in [0.25, 0.3) is 0 Å². The second-order valence-electron chi connectivity index (χ2n) is 7.78. The first-order valence-electron chi connectivity index (χ1n) is 10.4. The number of fused-ring (bicyclic) bond motifs is 3. The molecule has 1 saturated heterocycles. The third-order valence-corrected chi connectivity index (χ3v) is 5.92. The molecular formula is C23H26ClFN2O3. The van der Waals surface area contributed by atoms with Gasteiger partial charge >= 0.3 is 0 Å². The van der Waals surface area contributed by atoms with Gasteiger partial charge < -0.3 is 14.8 Å². The summed E-state index contributed by atoms with van der Waals surface area (Å²) in [4.78, 5) is 14.8. The zero-order valence-corrected chi connectivity index (χ0v) is 17.6. The van der Waals surface area contributed by atoms with Gasteiger partial charge in [-0.05, 0) is 54.8 Å². The predicted molar refractivity (Wildman–Crippen MR) is 114 cm³/mol. The van der Waals surface area contributed by atoms with Crippen LogP contribution in [0, 0.1) is 11.7 Å². The Morgan fingerprint density at radius 1 is 1.10 bits per heavy atom. The first-order chi connectivity index (χ1) is 14.6. The maximum absolute atomic E-state index is 14.0. The number of ether oxygens (including phenoxy) is 2. The molecule has 2 aromatic rings. The van der Waals surface area contributed by atoms with E-state index in [4.69, 9.17) is 21.1 Å². The molecule has 160 valence electrons. The maximum atomic E-state index is 14.0. The predicted octanol–water partition coefficient (Wildman–Crippen LogP) is 3.88. The number of benzene rings is 2. The van der Waals surface area contributed by atoms with Gasteiger partial charge in [0.1, 0.15) is 18.2 Å². The molecule has 2 heterocycles. The molecule has 1 amide bonds. The van der Waals surface area contributed by atoms with E-state index in [1.807, 2.05) is 24.3 Å². The van der Waals surface area contributed by atoms with Crippen LogP contribution in [0.15, 0.2) is 36.4 Å². The van der Waals surface area contributed by atoms with E-state index >= 15 is 0 Å². The van der Waals surface area contributed by atoms with Crippen LogP contribution in [0.25, 0.3) is 11.1 Å². The Kier molecular flexibility index (Phi) is 6.87. The minimum Gasteiger partial charge on any atom is -0.491 e. The Morgan fingerprint density at radius 3 is 2.80 bits per heavy atom. The average molecular weight is 433 g/mol. The minimum absolute atomic E-state index is 0.0143. The van der Waals surface area contributed by atoms with E-state index < -0.39 is 5.82 Å². The number of piperidine rings is 1. The van der Waals surface area contributed by atoms with Crippen LogP contribution in [0.4, 0.5) is 4.39 Å². The molecule has 30 heavy (non-hydrogen) atoms. The lowest BCUT2D eigenvalue weighted by atomic mass is 9.96. The van der Waals surface area contributed by atoms with Crippen LogP contribution >= 0.6 is 11.6 Å². The monoisotopic (exact) mass is 432 g/mol. The first-order valence-corrected chi connectivity index (χ1v) is 10.8. The lowest BCUT2D eigenvalue weighted by Crippen LogP contribution is -2.43. The highest BCUT2D eigenvalue weighted by Gasteiger charge is 2.26. The molecule has 0 aromatic heterocycles. The fourth-order valence-electron chi connectivity index (χ4n) is 4.06. The SMILES string of the molecule is O=C1NCCOCCOc2ccc(-c3ccc(Cl)c(F)c3)cc2CN2CCCC1C2. The fraction of sp³-hybridized carbons (Fsp3) is 0.435. The number of carbonyl (C=O) groups excluding carboxylic acids is 1. The molecule has 7 heteroatoms. The third-order valence-electron chi connectivity index (χ3n) is 5.61. The van der Waals surface area contributed by atoms with Crippen LogP contribution in [-0.2, 0) is 16.1 Å². The number of nitrogens with zero attached hydrogens (tertiary/aromatic N) is 1. The molecule has 0 radical (unpaired) electrons.